The van der Waals surface area contributed by atoms with Gasteiger partial charge in [-0.1, -0.05) is 41.9 Å². The highest BCUT2D eigenvalue weighted by atomic mass is 35.5. The van der Waals surface area contributed by atoms with E-state index >= 15 is 0 Å². The number of para-hydroxylation sites is 1. The van der Waals surface area contributed by atoms with E-state index in [9.17, 15) is 4.79 Å². The van der Waals surface area contributed by atoms with Crippen LogP contribution >= 0.6 is 11.6 Å². The molecule has 5 nitrogen and oxygen atoms in total. The van der Waals surface area contributed by atoms with Crippen molar-refractivity contribution >= 4 is 28.4 Å². The number of nitrogens with one attached hydrogen (secondary N) is 1. The molecule has 0 saturated carbocycles. The first-order chi connectivity index (χ1) is 13.6. The van der Waals surface area contributed by atoms with E-state index in [0.717, 1.165) is 28.6 Å². The summed E-state index contributed by atoms with van der Waals surface area (Å²) in [6.45, 7) is 3.24. The summed E-state index contributed by atoms with van der Waals surface area (Å²) >= 11 is 6.13. The van der Waals surface area contributed by atoms with Gasteiger partial charge in [-0.2, -0.15) is 5.10 Å². The quantitative estimate of drug-likeness (QED) is 0.537. The number of halogens is 1. The van der Waals surface area contributed by atoms with Crippen LogP contribution in [-0.4, -0.2) is 20.7 Å². The number of aryl methyl sites for hydroxylation is 1. The van der Waals surface area contributed by atoms with Gasteiger partial charge in [0.15, 0.2) is 0 Å². The van der Waals surface area contributed by atoms with Crippen molar-refractivity contribution in [3.63, 3.8) is 0 Å². The molecule has 140 valence electrons. The molecule has 0 fully saturated rings. The van der Waals surface area contributed by atoms with E-state index in [1.807, 2.05) is 72.4 Å². The largest absolute Gasteiger partial charge is 0.348 e. The fourth-order valence-corrected chi connectivity index (χ4v) is 3.30. The highest BCUT2D eigenvalue weighted by Gasteiger charge is 2.14. The molecule has 28 heavy (non-hydrogen) atoms. The lowest BCUT2D eigenvalue weighted by Gasteiger charge is -2.10. The van der Waals surface area contributed by atoms with E-state index in [1.165, 1.54) is 0 Å². The summed E-state index contributed by atoms with van der Waals surface area (Å²) in [7, 11) is 0. The number of amides is 1. The number of rotatable bonds is 5. The van der Waals surface area contributed by atoms with Crippen molar-refractivity contribution in [2.75, 3.05) is 0 Å². The third-order valence-corrected chi connectivity index (χ3v) is 4.78. The number of nitrogens with zero attached hydrogens (tertiary/aromatic N) is 3. The molecule has 2 aromatic carbocycles. The summed E-state index contributed by atoms with van der Waals surface area (Å²) < 4.78 is 1.83. The molecule has 0 aliphatic rings. The van der Waals surface area contributed by atoms with Crippen molar-refractivity contribution in [3.8, 4) is 11.3 Å². The fourth-order valence-electron chi connectivity index (χ4n) is 3.11. The monoisotopic (exact) mass is 390 g/mol. The van der Waals surface area contributed by atoms with E-state index in [4.69, 9.17) is 16.6 Å². The molecule has 0 radical (unpaired) electrons. The Hall–Kier alpha value is -3.18. The lowest BCUT2D eigenvalue weighted by molar-refractivity contribution is 0.0952. The van der Waals surface area contributed by atoms with Gasteiger partial charge in [-0.3, -0.25) is 9.48 Å². The van der Waals surface area contributed by atoms with E-state index < -0.39 is 0 Å². The molecule has 0 saturated heterocycles. The van der Waals surface area contributed by atoms with Crippen LogP contribution in [0.25, 0.3) is 22.2 Å². The van der Waals surface area contributed by atoms with Crippen LogP contribution in [0.5, 0.6) is 0 Å². The molecule has 0 bridgehead atoms. The van der Waals surface area contributed by atoms with Crippen LogP contribution in [0, 0.1) is 0 Å². The first-order valence-corrected chi connectivity index (χ1v) is 9.47. The predicted octanol–water partition coefficient (Wildman–Crippen LogP) is 4.70. The zero-order chi connectivity index (χ0) is 19.5. The minimum Gasteiger partial charge on any atom is -0.348 e. The zero-order valence-electron chi connectivity index (χ0n) is 15.4. The molecule has 1 N–H and O–H groups in total. The van der Waals surface area contributed by atoms with Gasteiger partial charge < -0.3 is 5.32 Å². The second-order valence-electron chi connectivity index (χ2n) is 6.47. The van der Waals surface area contributed by atoms with Gasteiger partial charge in [-0.25, -0.2) is 4.98 Å². The number of carbonyl (C=O) groups excluding carboxylic acids is 1. The van der Waals surface area contributed by atoms with Gasteiger partial charge in [0.05, 0.1) is 23.0 Å². The SMILES string of the molecule is CCn1cc(CNC(=O)c2cc(-c3cccc(Cl)c3)nc3ccccc23)cn1. The maximum atomic E-state index is 13.0. The minimum atomic E-state index is -0.147. The molecule has 6 heteroatoms. The molecule has 0 spiro atoms. The molecule has 0 unspecified atom stereocenters. The van der Waals surface area contributed by atoms with Crippen LogP contribution in [0.4, 0.5) is 0 Å². The second kappa shape index (κ2) is 7.82. The van der Waals surface area contributed by atoms with Crippen LogP contribution in [-0.2, 0) is 13.1 Å². The molecule has 4 aromatic rings. The summed E-state index contributed by atoms with van der Waals surface area (Å²) in [5.74, 6) is -0.147. The van der Waals surface area contributed by atoms with E-state index in [0.29, 0.717) is 22.8 Å². The topological polar surface area (TPSA) is 59.8 Å². The van der Waals surface area contributed by atoms with Gasteiger partial charge in [-0.15, -0.1) is 0 Å². The maximum absolute atomic E-state index is 13.0. The van der Waals surface area contributed by atoms with Crippen LogP contribution < -0.4 is 5.32 Å². The van der Waals surface area contributed by atoms with Crippen molar-refractivity contribution < 1.29 is 4.79 Å². The molecule has 4 rings (SSSR count). The van der Waals surface area contributed by atoms with Gasteiger partial charge in [-0.05, 0) is 31.2 Å². The van der Waals surface area contributed by atoms with Crippen LogP contribution in [0.3, 0.4) is 0 Å². The first-order valence-electron chi connectivity index (χ1n) is 9.09. The van der Waals surface area contributed by atoms with Gasteiger partial charge in [0, 0.05) is 40.8 Å². The Kier molecular flexibility index (Phi) is 5.08. The molecule has 0 aliphatic carbocycles. The Balaban J connectivity index is 1.69. The average molecular weight is 391 g/mol. The molecule has 2 aromatic heterocycles. The normalized spacial score (nSPS) is 10.9. The third-order valence-electron chi connectivity index (χ3n) is 4.54. The molecule has 0 atom stereocenters. The number of carbonyl (C=O) groups is 1. The molecule has 1 amide bonds. The van der Waals surface area contributed by atoms with E-state index in [2.05, 4.69) is 10.4 Å². The standard InChI is InChI=1S/C22H19ClN4O/c1-2-27-14-15(13-25-27)12-24-22(28)19-11-21(16-6-5-7-17(23)10-16)26-20-9-4-3-8-18(19)20/h3-11,13-14H,2,12H2,1H3,(H,24,28). The highest BCUT2D eigenvalue weighted by Crippen LogP contribution is 2.26. The predicted molar refractivity (Wildman–Crippen MR) is 111 cm³/mol. The molecule has 0 aliphatic heterocycles. The van der Waals surface area contributed by atoms with Gasteiger partial charge in [0.25, 0.3) is 5.91 Å². The first kappa shape index (κ1) is 18.2. The van der Waals surface area contributed by atoms with Crippen LogP contribution in [0.1, 0.15) is 22.8 Å². The minimum absolute atomic E-state index is 0.147. The van der Waals surface area contributed by atoms with Crippen molar-refractivity contribution in [1.29, 1.82) is 0 Å². The fraction of sp³-hybridized carbons (Fsp3) is 0.136. The molecular formula is C22H19ClN4O. The second-order valence-corrected chi connectivity index (χ2v) is 6.91. The van der Waals surface area contributed by atoms with Crippen molar-refractivity contribution in [1.82, 2.24) is 20.1 Å². The summed E-state index contributed by atoms with van der Waals surface area (Å²) in [5.41, 5.74) is 3.90. The van der Waals surface area contributed by atoms with Crippen molar-refractivity contribution in [2.45, 2.75) is 20.0 Å². The van der Waals surface area contributed by atoms with Crippen molar-refractivity contribution in [3.05, 3.63) is 83.1 Å². The van der Waals surface area contributed by atoms with Gasteiger partial charge >= 0.3 is 0 Å². The lowest BCUT2D eigenvalue weighted by Crippen LogP contribution is -2.23. The number of aromatic nitrogens is 3. The van der Waals surface area contributed by atoms with Crippen LogP contribution in [0.15, 0.2) is 67.0 Å². The Bertz CT molecular complexity index is 1150. The Labute approximate surface area is 168 Å². The summed E-state index contributed by atoms with van der Waals surface area (Å²) in [4.78, 5) is 17.7. The maximum Gasteiger partial charge on any atom is 0.252 e. The van der Waals surface area contributed by atoms with E-state index in [1.54, 1.807) is 6.20 Å². The Morgan fingerprint density at radius 2 is 2.00 bits per heavy atom. The number of benzene rings is 2. The van der Waals surface area contributed by atoms with Gasteiger partial charge in [0.2, 0.25) is 0 Å². The lowest BCUT2D eigenvalue weighted by atomic mass is 10.0. The number of fused-ring (bicyclic) bond motifs is 1. The molecular weight excluding hydrogens is 372 g/mol. The van der Waals surface area contributed by atoms with E-state index in [-0.39, 0.29) is 5.91 Å². The zero-order valence-corrected chi connectivity index (χ0v) is 16.1. The van der Waals surface area contributed by atoms with Gasteiger partial charge in [0.1, 0.15) is 0 Å². The third kappa shape index (κ3) is 3.75. The highest BCUT2D eigenvalue weighted by molar-refractivity contribution is 6.30. The summed E-state index contributed by atoms with van der Waals surface area (Å²) in [5, 5.41) is 8.67. The number of hydrogen-bond donors (Lipinski definition) is 1. The average Bonchev–Trinajstić information content (AvgIpc) is 3.19. The number of hydrogen-bond acceptors (Lipinski definition) is 3. The Morgan fingerprint density at radius 1 is 1.14 bits per heavy atom. The smallest absolute Gasteiger partial charge is 0.252 e. The Morgan fingerprint density at radius 3 is 2.79 bits per heavy atom. The molecule has 2 heterocycles. The van der Waals surface area contributed by atoms with Crippen molar-refractivity contribution in [2.24, 2.45) is 0 Å². The summed E-state index contributed by atoms with van der Waals surface area (Å²) in [6, 6.07) is 16.9. The summed E-state index contributed by atoms with van der Waals surface area (Å²) in [6.07, 6.45) is 3.70. The van der Waals surface area contributed by atoms with Crippen LogP contribution in [0.2, 0.25) is 5.02 Å². The number of pyridine rings is 1.